The molecule has 2 heterocycles. The molecule has 3 rings (SSSR count). The first-order chi connectivity index (χ1) is 12.4. The molecular formula is C19H21N5O2. The number of benzene rings is 1. The van der Waals surface area contributed by atoms with Gasteiger partial charge < -0.3 is 10.3 Å². The zero-order valence-electron chi connectivity index (χ0n) is 15.0. The van der Waals surface area contributed by atoms with Crippen LogP contribution in [0, 0.1) is 20.8 Å². The maximum Gasteiger partial charge on any atom is 0.251 e. The standard InChI is InChI=1S/C19H21N5O2/c1-12-10-13(2)24(23-12)17-6-4-15(5-7-17)19(26)20-9-8-16-11-18(25)22-14(3)21-16/h4-7,10-11H,8-9H2,1-3H3,(H,20,26)(H,21,22,25). The quantitative estimate of drug-likeness (QED) is 0.734. The smallest absolute Gasteiger partial charge is 0.251 e. The summed E-state index contributed by atoms with van der Waals surface area (Å²) < 4.78 is 1.85. The lowest BCUT2D eigenvalue weighted by atomic mass is 10.2. The highest BCUT2D eigenvalue weighted by molar-refractivity contribution is 5.94. The van der Waals surface area contributed by atoms with E-state index >= 15 is 0 Å². The molecular weight excluding hydrogens is 330 g/mol. The van der Waals surface area contributed by atoms with E-state index in [0.717, 1.165) is 17.1 Å². The van der Waals surface area contributed by atoms with E-state index in [2.05, 4.69) is 20.4 Å². The van der Waals surface area contributed by atoms with Gasteiger partial charge in [0.05, 0.1) is 11.4 Å². The van der Waals surface area contributed by atoms with Crippen molar-refractivity contribution < 1.29 is 4.79 Å². The molecule has 0 unspecified atom stereocenters. The summed E-state index contributed by atoms with van der Waals surface area (Å²) in [6, 6.07) is 10.7. The third-order valence-corrected chi connectivity index (χ3v) is 3.96. The third kappa shape index (κ3) is 4.05. The van der Waals surface area contributed by atoms with Gasteiger partial charge in [-0.15, -0.1) is 0 Å². The second-order valence-electron chi connectivity index (χ2n) is 6.21. The van der Waals surface area contributed by atoms with Crippen LogP contribution in [0.2, 0.25) is 0 Å². The Morgan fingerprint density at radius 1 is 1.15 bits per heavy atom. The maximum atomic E-state index is 12.3. The molecule has 134 valence electrons. The van der Waals surface area contributed by atoms with Crippen molar-refractivity contribution in [2.75, 3.05) is 6.54 Å². The van der Waals surface area contributed by atoms with Gasteiger partial charge in [-0.05, 0) is 51.1 Å². The number of aryl methyl sites for hydroxylation is 3. The van der Waals surface area contributed by atoms with Crippen LogP contribution in [0.1, 0.15) is 33.3 Å². The number of rotatable bonds is 5. The molecule has 0 fully saturated rings. The van der Waals surface area contributed by atoms with Crippen LogP contribution >= 0.6 is 0 Å². The first-order valence-electron chi connectivity index (χ1n) is 8.41. The number of aromatic nitrogens is 4. The van der Waals surface area contributed by atoms with Crippen molar-refractivity contribution in [1.29, 1.82) is 0 Å². The molecule has 0 aliphatic carbocycles. The van der Waals surface area contributed by atoms with Crippen molar-refractivity contribution in [3.05, 3.63) is 75.2 Å². The number of hydrogen-bond donors (Lipinski definition) is 2. The van der Waals surface area contributed by atoms with Crippen molar-refractivity contribution in [2.24, 2.45) is 0 Å². The highest BCUT2D eigenvalue weighted by atomic mass is 16.1. The minimum atomic E-state index is -0.182. The SMILES string of the molecule is Cc1cc(C)n(-c2ccc(C(=O)NCCc3cc(=O)[nH]c(C)n3)cc2)n1. The van der Waals surface area contributed by atoms with E-state index in [1.165, 1.54) is 6.07 Å². The number of nitrogens with zero attached hydrogens (tertiary/aromatic N) is 3. The minimum absolute atomic E-state index is 0.161. The van der Waals surface area contributed by atoms with Gasteiger partial charge in [0.2, 0.25) is 0 Å². The van der Waals surface area contributed by atoms with Gasteiger partial charge in [-0.2, -0.15) is 5.10 Å². The molecule has 0 atom stereocenters. The maximum absolute atomic E-state index is 12.3. The van der Waals surface area contributed by atoms with Gasteiger partial charge >= 0.3 is 0 Å². The first-order valence-corrected chi connectivity index (χ1v) is 8.41. The highest BCUT2D eigenvalue weighted by Crippen LogP contribution is 2.13. The van der Waals surface area contributed by atoms with Gasteiger partial charge in [0.1, 0.15) is 5.82 Å². The van der Waals surface area contributed by atoms with Gasteiger partial charge in [-0.1, -0.05) is 0 Å². The van der Waals surface area contributed by atoms with Gasteiger partial charge in [-0.25, -0.2) is 9.67 Å². The van der Waals surface area contributed by atoms with Crippen LogP contribution in [0.4, 0.5) is 0 Å². The molecule has 0 aliphatic heterocycles. The lowest BCUT2D eigenvalue weighted by Gasteiger charge is -2.07. The second kappa shape index (κ2) is 7.35. The monoisotopic (exact) mass is 351 g/mol. The lowest BCUT2D eigenvalue weighted by Crippen LogP contribution is -2.26. The van der Waals surface area contributed by atoms with E-state index in [1.807, 2.05) is 36.7 Å². The summed E-state index contributed by atoms with van der Waals surface area (Å²) in [6.45, 7) is 6.08. The minimum Gasteiger partial charge on any atom is -0.352 e. The zero-order valence-corrected chi connectivity index (χ0v) is 15.0. The Kier molecular flexibility index (Phi) is 4.97. The second-order valence-corrected chi connectivity index (χ2v) is 6.21. The molecule has 1 amide bonds. The van der Waals surface area contributed by atoms with E-state index in [4.69, 9.17) is 0 Å². The molecule has 7 heteroatoms. The number of nitrogens with one attached hydrogen (secondary N) is 2. The molecule has 0 aliphatic rings. The number of carbonyl (C=O) groups is 1. The average Bonchev–Trinajstić information content (AvgIpc) is 2.92. The van der Waals surface area contributed by atoms with Crippen LogP contribution in [0.3, 0.4) is 0 Å². The van der Waals surface area contributed by atoms with Gasteiger partial charge in [0.25, 0.3) is 11.5 Å². The van der Waals surface area contributed by atoms with E-state index in [0.29, 0.717) is 30.0 Å². The van der Waals surface area contributed by atoms with Crippen LogP contribution in [0.15, 0.2) is 41.2 Å². The lowest BCUT2D eigenvalue weighted by molar-refractivity contribution is 0.0954. The summed E-state index contributed by atoms with van der Waals surface area (Å²) in [5.41, 5.74) is 3.96. The predicted molar refractivity (Wildman–Crippen MR) is 98.7 cm³/mol. The number of hydrogen-bond acceptors (Lipinski definition) is 4. The number of H-pyrrole nitrogens is 1. The Bertz CT molecular complexity index is 986. The number of carbonyl (C=O) groups excluding carboxylic acids is 1. The van der Waals surface area contributed by atoms with Crippen molar-refractivity contribution in [2.45, 2.75) is 27.2 Å². The van der Waals surface area contributed by atoms with Gasteiger partial charge in [0.15, 0.2) is 0 Å². The van der Waals surface area contributed by atoms with E-state index in [-0.39, 0.29) is 11.5 Å². The van der Waals surface area contributed by atoms with Crippen molar-refractivity contribution in [3.8, 4) is 5.69 Å². The molecule has 2 N–H and O–H groups in total. The molecule has 1 aromatic carbocycles. The van der Waals surface area contributed by atoms with Crippen molar-refractivity contribution in [3.63, 3.8) is 0 Å². The largest absolute Gasteiger partial charge is 0.352 e. The number of aromatic amines is 1. The fourth-order valence-electron chi connectivity index (χ4n) is 2.82. The highest BCUT2D eigenvalue weighted by Gasteiger charge is 2.08. The summed E-state index contributed by atoms with van der Waals surface area (Å²) in [4.78, 5) is 30.5. The van der Waals surface area contributed by atoms with Crippen LogP contribution in [-0.2, 0) is 6.42 Å². The van der Waals surface area contributed by atoms with E-state index in [1.54, 1.807) is 19.1 Å². The summed E-state index contributed by atoms with van der Waals surface area (Å²) in [7, 11) is 0. The first kappa shape index (κ1) is 17.6. The van der Waals surface area contributed by atoms with Crippen LogP contribution in [0.5, 0.6) is 0 Å². The predicted octanol–water partition coefficient (Wildman–Crippen LogP) is 1.85. The van der Waals surface area contributed by atoms with Gasteiger partial charge in [-0.3, -0.25) is 9.59 Å². The Hall–Kier alpha value is -3.22. The van der Waals surface area contributed by atoms with Crippen LogP contribution < -0.4 is 10.9 Å². The summed E-state index contributed by atoms with van der Waals surface area (Å²) in [5, 5.41) is 7.28. The molecule has 0 spiro atoms. The number of amides is 1. The summed E-state index contributed by atoms with van der Waals surface area (Å²) >= 11 is 0. The molecule has 0 bridgehead atoms. The Balaban J connectivity index is 1.61. The topological polar surface area (TPSA) is 92.7 Å². The van der Waals surface area contributed by atoms with Crippen molar-refractivity contribution >= 4 is 5.91 Å². The molecule has 0 saturated carbocycles. The van der Waals surface area contributed by atoms with E-state index < -0.39 is 0 Å². The van der Waals surface area contributed by atoms with Gasteiger partial charge in [0, 0.05) is 36.0 Å². The van der Waals surface area contributed by atoms with Crippen molar-refractivity contribution in [1.82, 2.24) is 25.1 Å². The third-order valence-electron chi connectivity index (χ3n) is 3.96. The molecule has 0 saturated heterocycles. The summed E-state index contributed by atoms with van der Waals surface area (Å²) in [6.07, 6.45) is 0.500. The Morgan fingerprint density at radius 2 is 1.88 bits per heavy atom. The van der Waals surface area contributed by atoms with E-state index in [9.17, 15) is 9.59 Å². The molecule has 3 aromatic rings. The van der Waals surface area contributed by atoms with Crippen LogP contribution in [0.25, 0.3) is 5.69 Å². The fourth-order valence-corrected chi connectivity index (χ4v) is 2.82. The Labute approximate surface area is 151 Å². The normalized spacial score (nSPS) is 10.7. The summed E-state index contributed by atoms with van der Waals surface area (Å²) in [5.74, 6) is 0.407. The molecule has 0 radical (unpaired) electrons. The fraction of sp³-hybridized carbons (Fsp3) is 0.263. The van der Waals surface area contributed by atoms with Crippen LogP contribution in [-0.4, -0.2) is 32.2 Å². The average molecular weight is 351 g/mol. The Morgan fingerprint density at radius 3 is 2.50 bits per heavy atom. The molecule has 2 aromatic heterocycles. The molecule has 7 nitrogen and oxygen atoms in total. The zero-order chi connectivity index (χ0) is 18.7. The molecule has 26 heavy (non-hydrogen) atoms.